The van der Waals surface area contributed by atoms with Crippen molar-refractivity contribution < 1.29 is 22.7 Å². The molecule has 1 aliphatic heterocycles. The molecule has 0 bridgehead atoms. The van der Waals surface area contributed by atoms with Crippen LogP contribution in [0.2, 0.25) is 5.15 Å². The minimum atomic E-state index is -4.67. The van der Waals surface area contributed by atoms with Gasteiger partial charge in [-0.2, -0.15) is 18.2 Å². The number of halogens is 4. The highest BCUT2D eigenvalue weighted by atomic mass is 35.5. The number of carbonyl (C=O) groups is 1. The molecular formula is C19H21ClF3N5O2. The van der Waals surface area contributed by atoms with Gasteiger partial charge in [0.2, 0.25) is 5.95 Å². The Hall–Kier alpha value is -2.59. The van der Waals surface area contributed by atoms with Crippen molar-refractivity contribution in [3.63, 3.8) is 0 Å². The molecule has 0 aliphatic carbocycles. The molecule has 1 N–H and O–H groups in total. The molecule has 1 aromatic heterocycles. The van der Waals surface area contributed by atoms with Crippen molar-refractivity contribution in [1.82, 2.24) is 19.9 Å². The molecule has 30 heavy (non-hydrogen) atoms. The summed E-state index contributed by atoms with van der Waals surface area (Å²) in [6, 6.07) is 6.42. The third-order valence-electron chi connectivity index (χ3n) is 4.86. The molecule has 2 heterocycles. The number of rotatable bonds is 5. The Morgan fingerprint density at radius 3 is 2.63 bits per heavy atom. The first-order valence-corrected chi connectivity index (χ1v) is 9.59. The monoisotopic (exact) mass is 443 g/mol. The third-order valence-corrected chi connectivity index (χ3v) is 5.14. The number of hydrazine groups is 1. The fraction of sp³-hybridized carbons (Fsp3) is 0.421. The molecule has 3 rings (SSSR count). The van der Waals surface area contributed by atoms with Crippen LogP contribution in [0.5, 0.6) is 5.75 Å². The van der Waals surface area contributed by atoms with Gasteiger partial charge in [0, 0.05) is 11.8 Å². The van der Waals surface area contributed by atoms with Gasteiger partial charge in [0.15, 0.2) is 0 Å². The first kappa shape index (κ1) is 22.1. The normalized spacial score (nSPS) is 15.7. The number of piperidine rings is 1. The number of hydrogen-bond acceptors (Lipinski definition) is 6. The second-order valence-corrected chi connectivity index (χ2v) is 7.31. The van der Waals surface area contributed by atoms with E-state index in [1.807, 2.05) is 7.05 Å². The first-order chi connectivity index (χ1) is 14.2. The summed E-state index contributed by atoms with van der Waals surface area (Å²) >= 11 is 5.70. The van der Waals surface area contributed by atoms with E-state index < -0.39 is 16.9 Å². The van der Waals surface area contributed by atoms with Gasteiger partial charge in [-0.3, -0.25) is 10.2 Å². The average Bonchev–Trinajstić information content (AvgIpc) is 2.71. The third kappa shape index (κ3) is 5.11. The van der Waals surface area contributed by atoms with Gasteiger partial charge in [0.1, 0.15) is 16.5 Å². The summed E-state index contributed by atoms with van der Waals surface area (Å²) in [6.07, 6.45) is -2.72. The molecule has 1 aromatic carbocycles. The lowest BCUT2D eigenvalue weighted by Gasteiger charge is -2.37. The summed E-state index contributed by atoms with van der Waals surface area (Å²) < 4.78 is 44.0. The highest BCUT2D eigenvalue weighted by molar-refractivity contribution is 6.30. The summed E-state index contributed by atoms with van der Waals surface area (Å²) in [5.41, 5.74) is 1.99. The molecule has 1 saturated heterocycles. The maximum Gasteiger partial charge on any atom is 0.420 e. The summed E-state index contributed by atoms with van der Waals surface area (Å²) in [6.45, 7) is 1.53. The molecule has 0 saturated carbocycles. The van der Waals surface area contributed by atoms with Crippen LogP contribution >= 0.6 is 11.6 Å². The predicted molar refractivity (Wildman–Crippen MR) is 105 cm³/mol. The lowest BCUT2D eigenvalue weighted by molar-refractivity contribution is -0.137. The maximum absolute atomic E-state index is 13.2. The van der Waals surface area contributed by atoms with Gasteiger partial charge in [-0.25, -0.2) is 9.99 Å². The molecular weight excluding hydrogens is 423 g/mol. The summed E-state index contributed by atoms with van der Waals surface area (Å²) in [5.74, 6) is -0.0516. The highest BCUT2D eigenvalue weighted by Gasteiger charge is 2.35. The van der Waals surface area contributed by atoms with E-state index >= 15 is 0 Å². The Balaban J connectivity index is 1.90. The first-order valence-electron chi connectivity index (χ1n) is 9.21. The summed E-state index contributed by atoms with van der Waals surface area (Å²) in [7, 11) is 3.48. The molecule has 2 aromatic rings. The zero-order chi connectivity index (χ0) is 21.9. The summed E-state index contributed by atoms with van der Waals surface area (Å²) in [5, 5.41) is 0.623. The van der Waals surface area contributed by atoms with Crippen molar-refractivity contribution >= 4 is 23.5 Å². The van der Waals surface area contributed by atoms with Crippen LogP contribution in [0.3, 0.4) is 0 Å². The van der Waals surface area contributed by atoms with E-state index in [4.69, 9.17) is 16.3 Å². The largest absolute Gasteiger partial charge is 0.497 e. The number of methoxy groups -OCH3 is 1. The van der Waals surface area contributed by atoms with Crippen molar-refractivity contribution in [3.8, 4) is 5.75 Å². The van der Waals surface area contributed by atoms with Crippen LogP contribution in [0.15, 0.2) is 30.5 Å². The van der Waals surface area contributed by atoms with Gasteiger partial charge in [0.25, 0.3) is 5.91 Å². The molecule has 1 fully saturated rings. The Labute approximate surface area is 176 Å². The number of benzene rings is 1. The number of aromatic nitrogens is 2. The molecule has 1 amide bonds. The van der Waals surface area contributed by atoms with E-state index in [-0.39, 0.29) is 17.9 Å². The van der Waals surface area contributed by atoms with Crippen molar-refractivity contribution in [2.45, 2.75) is 25.1 Å². The van der Waals surface area contributed by atoms with Gasteiger partial charge >= 0.3 is 6.18 Å². The van der Waals surface area contributed by atoms with Gasteiger partial charge in [-0.1, -0.05) is 17.7 Å². The Bertz CT molecular complexity index is 904. The SMILES string of the molecule is COc1cccc(C(=O)N(Nc2ncc(C(F)(F)F)c(Cl)n2)C2CCN(C)CC2)c1. The smallest absolute Gasteiger partial charge is 0.420 e. The lowest BCUT2D eigenvalue weighted by atomic mass is 10.0. The van der Waals surface area contributed by atoms with E-state index in [0.717, 1.165) is 13.1 Å². The molecule has 162 valence electrons. The fourth-order valence-corrected chi connectivity index (χ4v) is 3.40. The molecule has 0 unspecified atom stereocenters. The number of likely N-dealkylation sites (tertiary alicyclic amines) is 1. The second-order valence-electron chi connectivity index (χ2n) is 6.95. The van der Waals surface area contributed by atoms with Crippen LogP contribution in [-0.4, -0.2) is 59.1 Å². The topological polar surface area (TPSA) is 70.6 Å². The minimum Gasteiger partial charge on any atom is -0.497 e. The standard InChI is InChI=1S/C19H21ClF3N5O2/c1-27-8-6-13(7-9-27)28(17(29)12-4-3-5-14(10-12)30-2)26-18-24-11-15(16(20)25-18)19(21,22)23/h3-5,10-11,13H,6-9H2,1-2H3,(H,24,25,26). The van der Waals surface area contributed by atoms with E-state index in [0.29, 0.717) is 30.4 Å². The number of carbonyl (C=O) groups excluding carboxylic acids is 1. The van der Waals surface area contributed by atoms with Crippen LogP contribution in [0, 0.1) is 0 Å². The Morgan fingerprint density at radius 2 is 2.03 bits per heavy atom. The molecule has 0 radical (unpaired) electrons. The quantitative estimate of drug-likeness (QED) is 0.561. The zero-order valence-corrected chi connectivity index (χ0v) is 17.2. The lowest BCUT2D eigenvalue weighted by Crippen LogP contribution is -2.49. The molecule has 11 heteroatoms. The predicted octanol–water partition coefficient (Wildman–Crippen LogP) is 3.72. The second kappa shape index (κ2) is 9.05. The van der Waals surface area contributed by atoms with Crippen LogP contribution in [0.25, 0.3) is 0 Å². The molecule has 0 spiro atoms. The highest BCUT2D eigenvalue weighted by Crippen LogP contribution is 2.33. The van der Waals surface area contributed by atoms with Crippen molar-refractivity contribution in [2.24, 2.45) is 0 Å². The van der Waals surface area contributed by atoms with Gasteiger partial charge in [0.05, 0.1) is 13.2 Å². The van der Waals surface area contributed by atoms with E-state index in [2.05, 4.69) is 20.3 Å². The van der Waals surface area contributed by atoms with Crippen molar-refractivity contribution in [1.29, 1.82) is 0 Å². The number of nitrogens with zero attached hydrogens (tertiary/aromatic N) is 4. The van der Waals surface area contributed by atoms with Gasteiger partial charge in [-0.15, -0.1) is 0 Å². The number of nitrogens with one attached hydrogen (secondary N) is 1. The van der Waals surface area contributed by atoms with Crippen molar-refractivity contribution in [2.75, 3.05) is 32.7 Å². The van der Waals surface area contributed by atoms with E-state index in [9.17, 15) is 18.0 Å². The fourth-order valence-electron chi connectivity index (χ4n) is 3.17. The molecule has 7 nitrogen and oxygen atoms in total. The zero-order valence-electron chi connectivity index (χ0n) is 16.4. The van der Waals surface area contributed by atoms with Gasteiger partial charge < -0.3 is 9.64 Å². The molecule has 0 atom stereocenters. The van der Waals surface area contributed by atoms with E-state index in [1.54, 1.807) is 24.3 Å². The average molecular weight is 444 g/mol. The summed E-state index contributed by atoms with van der Waals surface area (Å²) in [4.78, 5) is 22.8. The van der Waals surface area contributed by atoms with Crippen LogP contribution in [0.1, 0.15) is 28.8 Å². The number of alkyl halides is 3. The number of ether oxygens (including phenoxy) is 1. The minimum absolute atomic E-state index is 0.192. The number of anilines is 1. The molecule has 1 aliphatic rings. The van der Waals surface area contributed by atoms with Crippen molar-refractivity contribution in [3.05, 3.63) is 46.7 Å². The van der Waals surface area contributed by atoms with E-state index in [1.165, 1.54) is 12.1 Å². The van der Waals surface area contributed by atoms with Crippen LogP contribution < -0.4 is 10.2 Å². The Kier molecular flexibility index (Phi) is 6.67. The van der Waals surface area contributed by atoms with Crippen LogP contribution in [-0.2, 0) is 6.18 Å². The number of amides is 1. The maximum atomic E-state index is 13.2. The van der Waals surface area contributed by atoms with Crippen LogP contribution in [0.4, 0.5) is 19.1 Å². The Morgan fingerprint density at radius 1 is 1.33 bits per heavy atom. The van der Waals surface area contributed by atoms with Gasteiger partial charge in [-0.05, 0) is 51.2 Å². The number of hydrogen-bond donors (Lipinski definition) is 1.